The number of amides is 8. The number of nitrogens with zero attached hydrogens (tertiary/aromatic N) is 5. The highest BCUT2D eigenvalue weighted by atomic mass is 16.5. The molecule has 7 rings (SSSR count). The Morgan fingerprint density at radius 2 is 1.44 bits per heavy atom. The summed E-state index contributed by atoms with van der Waals surface area (Å²) in [5.41, 5.74) is 1.58. The van der Waals surface area contributed by atoms with E-state index in [1.54, 1.807) is 128 Å². The number of ether oxygens (including phenoxy) is 2. The van der Waals surface area contributed by atoms with E-state index in [9.17, 15) is 47.9 Å². The number of hydrogen-bond acceptors (Lipinski definition) is 14. The normalized spacial score (nSPS) is 22.4. The van der Waals surface area contributed by atoms with Crippen molar-refractivity contribution < 1.29 is 62.2 Å². The van der Waals surface area contributed by atoms with Crippen molar-refractivity contribution in [1.29, 1.82) is 0 Å². The molecule has 0 aliphatic carbocycles. The first-order chi connectivity index (χ1) is 42.6. The quantitative estimate of drug-likeness (QED) is 0.113. The fourth-order valence-electron chi connectivity index (χ4n) is 11.0. The smallest absolute Gasteiger partial charge is 0.330 e. The molecule has 3 aliphatic rings. The molecule has 1 aromatic heterocycles. The average Bonchev–Trinajstić information content (AvgIpc) is 2.51. The molecule has 4 aromatic rings. The third kappa shape index (κ3) is 19.5. The maximum Gasteiger partial charge on any atom is 0.330 e. The second kappa shape index (κ2) is 32.2. The number of rotatable bonds is 8. The topological polar surface area (TPSA) is 280 Å². The molecule has 474 valence electrons. The number of aromatic nitrogens is 1. The van der Waals surface area contributed by atoms with Crippen LogP contribution in [0.5, 0.6) is 0 Å². The van der Waals surface area contributed by atoms with E-state index >= 15 is 4.79 Å². The van der Waals surface area contributed by atoms with Gasteiger partial charge >= 0.3 is 11.9 Å². The van der Waals surface area contributed by atoms with Crippen LogP contribution in [-0.2, 0) is 81.7 Å². The zero-order valence-electron chi connectivity index (χ0n) is 51.7. The number of fused-ring (bicyclic) bond motifs is 4. The third-order valence-corrected chi connectivity index (χ3v) is 16.0. The molecule has 3 aromatic carbocycles. The number of piperidine rings is 1. The number of Topliss-reactive ketones (excluding diaryl/α,β-unsaturated/α-hetero) is 1. The molecular weight excluding hydrogens is 1140 g/mol. The van der Waals surface area contributed by atoms with Gasteiger partial charge in [0.25, 0.3) is 5.91 Å². The highest BCUT2D eigenvalue weighted by Gasteiger charge is 2.44. The van der Waals surface area contributed by atoms with Crippen LogP contribution < -0.4 is 21.3 Å². The Morgan fingerprint density at radius 3 is 2.17 bits per heavy atom. The summed E-state index contributed by atoms with van der Waals surface area (Å²) in [5, 5.41) is 11.3. The number of nitrogens with one attached hydrogen (secondary N) is 4. The molecule has 0 spiro atoms. The van der Waals surface area contributed by atoms with Crippen molar-refractivity contribution in [2.75, 3.05) is 51.0 Å². The lowest BCUT2D eigenvalue weighted by atomic mass is 9.87. The van der Waals surface area contributed by atoms with Gasteiger partial charge in [-0.25, -0.2) is 9.59 Å². The van der Waals surface area contributed by atoms with E-state index in [1.165, 1.54) is 34.6 Å². The van der Waals surface area contributed by atoms with E-state index in [0.717, 1.165) is 5.56 Å². The number of esters is 2. The van der Waals surface area contributed by atoms with Crippen LogP contribution in [0.4, 0.5) is 11.4 Å². The van der Waals surface area contributed by atoms with Crippen LogP contribution in [0.3, 0.4) is 0 Å². The third-order valence-electron chi connectivity index (χ3n) is 16.0. The van der Waals surface area contributed by atoms with Gasteiger partial charge in [-0.1, -0.05) is 80.6 Å². The van der Waals surface area contributed by atoms with E-state index in [0.29, 0.717) is 79.6 Å². The van der Waals surface area contributed by atoms with Crippen molar-refractivity contribution in [3.05, 3.63) is 138 Å². The number of carbonyl (C=O) groups excluding carboxylic acids is 11. The predicted molar refractivity (Wildman–Crippen MR) is 331 cm³/mol. The Kier molecular flexibility index (Phi) is 24.4. The summed E-state index contributed by atoms with van der Waals surface area (Å²) in [7, 11) is 3.22. The van der Waals surface area contributed by atoms with Gasteiger partial charge in [-0.05, 0) is 130 Å². The van der Waals surface area contributed by atoms with E-state index in [4.69, 9.17) is 9.47 Å². The van der Waals surface area contributed by atoms with Crippen molar-refractivity contribution in [3.63, 3.8) is 0 Å². The molecule has 8 amide bonds. The Labute approximate surface area is 519 Å². The maximum atomic E-state index is 15.2. The minimum atomic E-state index is -1.43. The van der Waals surface area contributed by atoms with Crippen LogP contribution in [-0.4, -0.2) is 154 Å². The molecule has 4 heterocycles. The highest BCUT2D eigenvalue weighted by Crippen LogP contribution is 2.28. The van der Waals surface area contributed by atoms with Crippen LogP contribution in [0.2, 0.25) is 0 Å². The zero-order valence-corrected chi connectivity index (χ0v) is 51.7. The average molecular weight is 1220 g/mol. The van der Waals surface area contributed by atoms with Crippen LogP contribution in [0.15, 0.2) is 116 Å². The molecule has 4 N–H and O–H groups in total. The molecule has 22 nitrogen and oxygen atoms in total. The zero-order chi connectivity index (χ0) is 64.2. The summed E-state index contributed by atoms with van der Waals surface area (Å²) >= 11 is 0. The van der Waals surface area contributed by atoms with Crippen LogP contribution in [0.1, 0.15) is 127 Å². The number of ketones is 1. The number of benzene rings is 3. The molecule has 3 aliphatic heterocycles. The number of anilines is 2. The summed E-state index contributed by atoms with van der Waals surface area (Å²) in [4.78, 5) is 163. The van der Waals surface area contributed by atoms with Gasteiger partial charge in [0.05, 0.1) is 11.8 Å². The molecule has 89 heavy (non-hydrogen) atoms. The highest BCUT2D eigenvalue weighted by molar-refractivity contribution is 6.38. The summed E-state index contributed by atoms with van der Waals surface area (Å²) in [6.07, 6.45) is 9.50. The second-order valence-corrected chi connectivity index (χ2v) is 24.1. The van der Waals surface area contributed by atoms with E-state index in [2.05, 4.69) is 26.3 Å². The minimum Gasteiger partial charge on any atom is -0.461 e. The molecule has 2 bridgehead atoms. The second-order valence-electron chi connectivity index (χ2n) is 24.1. The lowest BCUT2D eigenvalue weighted by Crippen LogP contribution is -2.58. The molecule has 0 unspecified atom stereocenters. The monoisotopic (exact) mass is 1220 g/mol. The van der Waals surface area contributed by atoms with Gasteiger partial charge in [0.1, 0.15) is 43.4 Å². The number of pyridine rings is 1. The number of cyclic esters (lactones) is 2. The van der Waals surface area contributed by atoms with Crippen molar-refractivity contribution in [2.45, 2.75) is 148 Å². The van der Waals surface area contributed by atoms with Gasteiger partial charge in [-0.15, -0.1) is 0 Å². The fraction of sp³-hybridized carbons (Fsp3) is 0.463. The Morgan fingerprint density at radius 1 is 0.719 bits per heavy atom. The summed E-state index contributed by atoms with van der Waals surface area (Å²) < 4.78 is 11.1. The lowest BCUT2D eigenvalue weighted by molar-refractivity contribution is -0.162. The van der Waals surface area contributed by atoms with Gasteiger partial charge in [0, 0.05) is 82.8 Å². The van der Waals surface area contributed by atoms with Crippen molar-refractivity contribution >= 4 is 76.4 Å². The van der Waals surface area contributed by atoms with Gasteiger partial charge in [-0.3, -0.25) is 48.1 Å². The van der Waals surface area contributed by atoms with E-state index < -0.39 is 95.4 Å². The SMILES string of the molecule is CC(C)C[C@H]1C(=O)N(C)CCCCC=CC(=O)OCC(C)(C)C(=O)C(=O)N2CCCC[C@H]2C(=O)OCc2cccc(c2)NC(=O)CCC(=O)N[C@@H](c2ccccc2)C(=O)N[C@@H](Cc2ccc(NC(=O)Cc3cccnc3)cc2)C(=O)N2CCC[C@@H]2C(=O)N1C. The number of hydrogen-bond donors (Lipinski definition) is 4. The Hall–Kier alpha value is -9.08. The Balaban J connectivity index is 1.14. The van der Waals surface area contributed by atoms with Crippen molar-refractivity contribution in [2.24, 2.45) is 11.3 Å². The largest absolute Gasteiger partial charge is 0.461 e. The summed E-state index contributed by atoms with van der Waals surface area (Å²) in [6.45, 7) is 6.87. The number of carbonyl (C=O) groups is 11. The first-order valence-corrected chi connectivity index (χ1v) is 30.6. The van der Waals surface area contributed by atoms with Gasteiger partial charge < -0.3 is 50.3 Å². The van der Waals surface area contributed by atoms with E-state index in [-0.39, 0.29) is 76.0 Å². The first-order valence-electron chi connectivity index (χ1n) is 30.6. The molecule has 2 saturated heterocycles. The van der Waals surface area contributed by atoms with Crippen LogP contribution >= 0.6 is 0 Å². The predicted octanol–water partition coefficient (Wildman–Crippen LogP) is 6.19. The van der Waals surface area contributed by atoms with Crippen molar-refractivity contribution in [3.8, 4) is 0 Å². The first kappa shape index (κ1) is 67.4. The van der Waals surface area contributed by atoms with E-state index in [1.807, 2.05) is 13.8 Å². The molecular formula is C67H83N9O13. The van der Waals surface area contributed by atoms with Crippen LogP contribution in [0, 0.1) is 11.3 Å². The van der Waals surface area contributed by atoms with Gasteiger partial charge in [-0.2, -0.15) is 0 Å². The van der Waals surface area contributed by atoms with Crippen LogP contribution in [0.25, 0.3) is 0 Å². The molecule has 22 heteroatoms. The molecule has 0 radical (unpaired) electrons. The van der Waals surface area contributed by atoms with Gasteiger partial charge in [0.2, 0.25) is 47.1 Å². The summed E-state index contributed by atoms with van der Waals surface area (Å²) in [5.74, 6) is -6.71. The minimum absolute atomic E-state index is 0.0107. The molecule has 2 fully saturated rings. The Bertz CT molecular complexity index is 3210. The van der Waals surface area contributed by atoms with Crippen molar-refractivity contribution in [1.82, 2.24) is 35.2 Å². The van der Waals surface area contributed by atoms with Gasteiger partial charge in [0.15, 0.2) is 0 Å². The lowest BCUT2D eigenvalue weighted by Gasteiger charge is -2.36. The number of allylic oxidation sites excluding steroid dienone is 1. The standard InChI is InChI=1S/C67H83N9O13/c1-44(2)37-54-63(84)73(5)34-14-8-7-12-26-58(80)89-43-67(3,4)60(81)65(86)76-35-15-13-24-53(76)66(87)88-42-47-19-16-23-50(38-47)70-55(77)31-32-56(78)72-59(48-21-10-9-11-22-48)61(82)71-51(62(83)75-36-18-25-52(75)64(85)74(54)6)39-45-27-29-49(30-28-45)69-57(79)40-46-20-17-33-68-41-46/h9-12,16-17,19-23,26-30,33,38,41,44,51-54,59H,7-8,13-15,18,24-25,31-32,34-37,39-40,42-43H2,1-6H3,(H,69,79)(H,70,77)(H,71,82)(H,72,78)/t51-,52+,53-,54-,59-/m0/s1. The molecule has 0 saturated carbocycles. The number of likely N-dealkylation sites (N-methyl/N-ethyl adjacent to an activating group) is 2. The summed E-state index contributed by atoms with van der Waals surface area (Å²) in [6, 6.07) is 19.6. The molecule has 5 atom stereocenters. The fourth-order valence-corrected chi connectivity index (χ4v) is 11.0. The maximum absolute atomic E-state index is 15.2.